The van der Waals surface area contributed by atoms with Gasteiger partial charge >= 0.3 is 0 Å². The van der Waals surface area contributed by atoms with Crippen LogP contribution in [0.2, 0.25) is 0 Å². The van der Waals surface area contributed by atoms with Crippen LogP contribution in [0.4, 0.5) is 17.1 Å². The second-order valence-corrected chi connectivity index (χ2v) is 16.8. The number of benzene rings is 9. The summed E-state index contributed by atoms with van der Waals surface area (Å²) >= 11 is 1.87. The lowest BCUT2D eigenvalue weighted by Gasteiger charge is -2.29. The Bertz CT molecular complexity index is 3150. The first-order valence-electron chi connectivity index (χ1n) is 19.8. The van der Waals surface area contributed by atoms with Crippen molar-refractivity contribution in [3.8, 4) is 44.5 Å². The van der Waals surface area contributed by atoms with Gasteiger partial charge in [0.2, 0.25) is 0 Å². The van der Waals surface area contributed by atoms with E-state index >= 15 is 0 Å². The molecule has 0 bridgehead atoms. The van der Waals surface area contributed by atoms with Crippen LogP contribution in [0.3, 0.4) is 0 Å². The average Bonchev–Trinajstić information content (AvgIpc) is 3.76. The number of hydrogen-bond donors (Lipinski definition) is 0. The second-order valence-electron chi connectivity index (χ2n) is 15.7. The molecular weight excluding hydrogens is 707 g/mol. The zero-order valence-corrected chi connectivity index (χ0v) is 32.7. The number of rotatable bonds is 6. The van der Waals surface area contributed by atoms with Gasteiger partial charge in [-0.2, -0.15) is 0 Å². The van der Waals surface area contributed by atoms with Gasteiger partial charge in [-0.1, -0.05) is 166 Å². The molecule has 10 aromatic rings. The van der Waals surface area contributed by atoms with Gasteiger partial charge in [0.05, 0.1) is 5.69 Å². The van der Waals surface area contributed by atoms with Gasteiger partial charge in [0, 0.05) is 42.5 Å². The van der Waals surface area contributed by atoms with Gasteiger partial charge in [0.1, 0.15) is 0 Å². The average molecular weight is 746 g/mol. The minimum absolute atomic E-state index is 0.0915. The number of thiophene rings is 1. The Morgan fingerprint density at radius 3 is 1.81 bits per heavy atom. The van der Waals surface area contributed by atoms with Gasteiger partial charge in [-0.05, 0) is 109 Å². The topological polar surface area (TPSA) is 3.24 Å². The SMILES string of the molecule is CC1(C)c2ccccc2-c2cccc(-c3ccc(N(c4ccc(-c5ccc6ccccc6c5)cc4)c4ccccc4-c4cccc5sc6ccccc6c45)cc3)c21. The normalized spacial score (nSPS) is 12.9. The molecule has 11 rings (SSSR count). The molecule has 57 heavy (non-hydrogen) atoms. The zero-order valence-electron chi connectivity index (χ0n) is 31.9. The molecule has 0 fully saturated rings. The predicted molar refractivity (Wildman–Crippen MR) is 245 cm³/mol. The molecule has 0 spiro atoms. The standard InChI is InChI=1S/C55H39NS/c1-55(2)49-21-8-5-15-44(49)47-20-11-18-43(54(47)55)38-29-33-42(34-30-38)56(41-31-27-37(28-32-41)40-26-25-36-13-3-4-14-39(36)35-40)50-22-9-6-16-45(50)46-19-12-24-52-53(46)48-17-7-10-23-51(48)57-52/h3-35H,1-2H3. The van der Waals surface area contributed by atoms with Crippen LogP contribution in [0.1, 0.15) is 25.0 Å². The first kappa shape index (κ1) is 33.6. The van der Waals surface area contributed by atoms with Crippen LogP contribution in [-0.2, 0) is 5.41 Å². The molecule has 0 atom stereocenters. The predicted octanol–water partition coefficient (Wildman–Crippen LogP) is 16.0. The fraction of sp³-hybridized carbons (Fsp3) is 0.0545. The maximum atomic E-state index is 2.44. The van der Waals surface area contributed by atoms with Crippen LogP contribution >= 0.6 is 11.3 Å². The van der Waals surface area contributed by atoms with Crippen LogP contribution < -0.4 is 4.90 Å². The van der Waals surface area contributed by atoms with E-state index in [9.17, 15) is 0 Å². The Morgan fingerprint density at radius 1 is 0.404 bits per heavy atom. The molecule has 1 heterocycles. The van der Waals surface area contributed by atoms with Gasteiger partial charge < -0.3 is 4.90 Å². The molecule has 9 aromatic carbocycles. The molecule has 1 aromatic heterocycles. The lowest BCUT2D eigenvalue weighted by molar-refractivity contribution is 0.662. The van der Waals surface area contributed by atoms with E-state index < -0.39 is 0 Å². The molecule has 0 saturated carbocycles. The lowest BCUT2D eigenvalue weighted by Crippen LogP contribution is -2.16. The zero-order chi connectivity index (χ0) is 38.1. The number of nitrogens with zero attached hydrogens (tertiary/aromatic N) is 1. The summed E-state index contributed by atoms with van der Waals surface area (Å²) in [6.45, 7) is 4.74. The van der Waals surface area contributed by atoms with E-state index in [1.807, 2.05) is 11.3 Å². The van der Waals surface area contributed by atoms with E-state index in [-0.39, 0.29) is 5.41 Å². The van der Waals surface area contributed by atoms with Gasteiger partial charge in [-0.15, -0.1) is 11.3 Å². The van der Waals surface area contributed by atoms with Crippen LogP contribution in [0.5, 0.6) is 0 Å². The van der Waals surface area contributed by atoms with Gasteiger partial charge in [0.25, 0.3) is 0 Å². The molecule has 0 unspecified atom stereocenters. The molecule has 270 valence electrons. The number of para-hydroxylation sites is 1. The summed E-state index contributed by atoms with van der Waals surface area (Å²) in [5.74, 6) is 0. The quantitative estimate of drug-likeness (QED) is 0.164. The molecule has 0 N–H and O–H groups in total. The van der Waals surface area contributed by atoms with Crippen molar-refractivity contribution in [2.75, 3.05) is 4.90 Å². The van der Waals surface area contributed by atoms with Crippen LogP contribution in [0.15, 0.2) is 200 Å². The van der Waals surface area contributed by atoms with E-state index in [1.54, 1.807) is 0 Å². The Balaban J connectivity index is 1.06. The summed E-state index contributed by atoms with van der Waals surface area (Å²) in [4.78, 5) is 2.44. The second kappa shape index (κ2) is 13.2. The van der Waals surface area contributed by atoms with Gasteiger partial charge in [0.15, 0.2) is 0 Å². The summed E-state index contributed by atoms with van der Waals surface area (Å²) in [6, 6.07) is 73.8. The van der Waals surface area contributed by atoms with Crippen molar-refractivity contribution in [2.24, 2.45) is 0 Å². The third kappa shape index (κ3) is 5.44. The third-order valence-electron chi connectivity index (χ3n) is 12.1. The first-order valence-corrected chi connectivity index (χ1v) is 20.6. The van der Waals surface area contributed by atoms with Gasteiger partial charge in [-0.25, -0.2) is 0 Å². The lowest BCUT2D eigenvalue weighted by atomic mass is 9.79. The van der Waals surface area contributed by atoms with Crippen LogP contribution in [0, 0.1) is 0 Å². The Hall–Kier alpha value is -6.74. The van der Waals surface area contributed by atoms with Crippen LogP contribution in [0.25, 0.3) is 75.5 Å². The van der Waals surface area contributed by atoms with E-state index in [0.717, 1.165) is 17.1 Å². The minimum atomic E-state index is -0.0915. The highest BCUT2D eigenvalue weighted by molar-refractivity contribution is 7.25. The highest BCUT2D eigenvalue weighted by atomic mass is 32.1. The highest BCUT2D eigenvalue weighted by Gasteiger charge is 2.37. The summed E-state index contributed by atoms with van der Waals surface area (Å²) < 4.78 is 2.62. The minimum Gasteiger partial charge on any atom is -0.310 e. The van der Waals surface area contributed by atoms with Crippen molar-refractivity contribution in [3.63, 3.8) is 0 Å². The van der Waals surface area contributed by atoms with E-state index in [0.29, 0.717) is 0 Å². The molecule has 2 heteroatoms. The largest absolute Gasteiger partial charge is 0.310 e. The molecule has 0 radical (unpaired) electrons. The first-order chi connectivity index (χ1) is 28.0. The van der Waals surface area contributed by atoms with Crippen molar-refractivity contribution in [1.29, 1.82) is 0 Å². The molecule has 0 saturated heterocycles. The Labute approximate surface area is 337 Å². The van der Waals surface area contributed by atoms with E-state index in [2.05, 4.69) is 219 Å². The smallest absolute Gasteiger partial charge is 0.0540 e. The Kier molecular flexibility index (Phi) is 7.77. The molecule has 0 aliphatic heterocycles. The monoisotopic (exact) mass is 745 g/mol. The van der Waals surface area contributed by atoms with Crippen LogP contribution in [-0.4, -0.2) is 0 Å². The third-order valence-corrected chi connectivity index (χ3v) is 13.2. The summed E-state index contributed by atoms with van der Waals surface area (Å²) in [5.41, 5.74) is 16.1. The maximum Gasteiger partial charge on any atom is 0.0540 e. The van der Waals surface area contributed by atoms with Crippen molar-refractivity contribution >= 4 is 59.3 Å². The molecule has 0 amide bonds. The van der Waals surface area contributed by atoms with Crippen molar-refractivity contribution in [2.45, 2.75) is 19.3 Å². The number of anilines is 3. The Morgan fingerprint density at radius 2 is 0.982 bits per heavy atom. The number of fused-ring (bicyclic) bond motifs is 7. The van der Waals surface area contributed by atoms with Crippen molar-refractivity contribution in [1.82, 2.24) is 0 Å². The highest BCUT2D eigenvalue weighted by Crippen LogP contribution is 2.52. The van der Waals surface area contributed by atoms with E-state index in [4.69, 9.17) is 0 Å². The van der Waals surface area contributed by atoms with Crippen molar-refractivity contribution < 1.29 is 0 Å². The maximum absolute atomic E-state index is 2.44. The summed E-state index contributed by atoms with van der Waals surface area (Å²) in [6.07, 6.45) is 0. The summed E-state index contributed by atoms with van der Waals surface area (Å²) in [5, 5.41) is 5.13. The fourth-order valence-electron chi connectivity index (χ4n) is 9.37. The molecular formula is C55H39NS. The van der Waals surface area contributed by atoms with Crippen molar-refractivity contribution in [3.05, 3.63) is 211 Å². The molecule has 1 aliphatic rings. The summed E-state index contributed by atoms with van der Waals surface area (Å²) in [7, 11) is 0. The molecule has 1 nitrogen and oxygen atoms in total. The fourth-order valence-corrected chi connectivity index (χ4v) is 10.5. The van der Waals surface area contributed by atoms with Gasteiger partial charge in [-0.3, -0.25) is 0 Å². The number of hydrogen-bond acceptors (Lipinski definition) is 2. The van der Waals surface area contributed by atoms with E-state index in [1.165, 1.54) is 86.6 Å². The molecule has 1 aliphatic carbocycles.